The minimum absolute atomic E-state index is 0.266. The van der Waals surface area contributed by atoms with Gasteiger partial charge in [0.1, 0.15) is 0 Å². The Hall–Kier alpha value is -1.08. The van der Waals surface area contributed by atoms with Gasteiger partial charge >= 0.3 is 6.18 Å². The zero-order valence-corrected chi connectivity index (χ0v) is 11.8. The lowest BCUT2D eigenvalue weighted by Gasteiger charge is -2.15. The maximum absolute atomic E-state index is 11.9. The zero-order valence-electron chi connectivity index (χ0n) is 10.2. The van der Waals surface area contributed by atoms with Crippen LogP contribution in [0, 0.1) is 0 Å². The molecule has 0 aliphatic carbocycles. The monoisotopic (exact) mass is 338 g/mol. The summed E-state index contributed by atoms with van der Waals surface area (Å²) >= 11 is 3.31. The van der Waals surface area contributed by atoms with Crippen LogP contribution in [0.2, 0.25) is 0 Å². The molecule has 19 heavy (non-hydrogen) atoms. The molecule has 0 aliphatic heterocycles. The smallest absolute Gasteiger partial charge is 0.348 e. The van der Waals surface area contributed by atoms with E-state index in [-0.39, 0.29) is 12.6 Å². The summed E-state index contributed by atoms with van der Waals surface area (Å²) in [7, 11) is 0. The van der Waals surface area contributed by atoms with Crippen molar-refractivity contribution in [1.29, 1.82) is 0 Å². The Morgan fingerprint density at radius 3 is 2.68 bits per heavy atom. The van der Waals surface area contributed by atoms with Crippen LogP contribution in [0.3, 0.4) is 0 Å². The Labute approximate surface area is 117 Å². The summed E-state index contributed by atoms with van der Waals surface area (Å²) in [6.45, 7) is 0.229. The molecule has 0 spiro atoms. The number of alkyl halides is 3. The second-order valence-electron chi connectivity index (χ2n) is 4.06. The van der Waals surface area contributed by atoms with Gasteiger partial charge in [0.15, 0.2) is 0 Å². The maximum Gasteiger partial charge on any atom is 0.401 e. The third-order valence-corrected chi connectivity index (χ3v) is 2.83. The van der Waals surface area contributed by atoms with E-state index in [2.05, 4.69) is 21.2 Å². The van der Waals surface area contributed by atoms with Crippen LogP contribution in [0.25, 0.3) is 0 Å². The molecular formula is C12H14BrF3N2O. The van der Waals surface area contributed by atoms with Crippen molar-refractivity contribution in [3.05, 3.63) is 34.3 Å². The molecule has 106 valence electrons. The van der Waals surface area contributed by atoms with Crippen LogP contribution in [0.1, 0.15) is 18.5 Å². The molecule has 1 aromatic rings. The molecule has 2 N–H and O–H groups in total. The largest absolute Gasteiger partial charge is 0.401 e. The molecule has 0 aromatic heterocycles. The van der Waals surface area contributed by atoms with Crippen molar-refractivity contribution in [2.75, 3.05) is 13.1 Å². The normalized spacial score (nSPS) is 13.1. The Bertz CT molecular complexity index is 437. The molecule has 0 bridgehead atoms. The van der Waals surface area contributed by atoms with Gasteiger partial charge in [0.2, 0.25) is 5.91 Å². The summed E-state index contributed by atoms with van der Waals surface area (Å²) in [6.07, 6.45) is -4.31. The summed E-state index contributed by atoms with van der Waals surface area (Å²) < 4.78 is 36.5. The van der Waals surface area contributed by atoms with Gasteiger partial charge in [-0.2, -0.15) is 13.2 Å². The molecule has 0 radical (unpaired) electrons. The lowest BCUT2D eigenvalue weighted by Crippen LogP contribution is -2.39. The molecule has 0 heterocycles. The fourth-order valence-electron chi connectivity index (χ4n) is 1.47. The van der Waals surface area contributed by atoms with Crippen LogP contribution in [-0.2, 0) is 4.79 Å². The Morgan fingerprint density at radius 1 is 1.42 bits per heavy atom. The predicted molar refractivity (Wildman–Crippen MR) is 69.6 cm³/mol. The molecule has 1 amide bonds. The van der Waals surface area contributed by atoms with E-state index in [1.54, 1.807) is 6.92 Å². The van der Waals surface area contributed by atoms with Crippen molar-refractivity contribution in [2.45, 2.75) is 19.1 Å². The van der Waals surface area contributed by atoms with E-state index in [1.165, 1.54) is 0 Å². The van der Waals surface area contributed by atoms with E-state index in [0.717, 1.165) is 10.0 Å². The highest BCUT2D eigenvalue weighted by Gasteiger charge is 2.26. The second kappa shape index (κ2) is 6.91. The molecule has 1 rings (SSSR count). The molecule has 1 atom stereocenters. The van der Waals surface area contributed by atoms with Crippen LogP contribution in [0.4, 0.5) is 13.2 Å². The number of carbonyl (C=O) groups excluding carboxylic acids is 1. The lowest BCUT2D eigenvalue weighted by atomic mass is 10.1. The summed E-state index contributed by atoms with van der Waals surface area (Å²) in [5.41, 5.74) is 0.874. The lowest BCUT2D eigenvalue weighted by molar-refractivity contribution is -0.128. The topological polar surface area (TPSA) is 41.1 Å². The number of amides is 1. The molecule has 0 saturated heterocycles. The summed E-state index contributed by atoms with van der Waals surface area (Å²) in [5, 5.41) is 4.67. The molecule has 3 nitrogen and oxygen atoms in total. The molecular weight excluding hydrogens is 325 g/mol. The highest BCUT2D eigenvalue weighted by atomic mass is 79.9. The van der Waals surface area contributed by atoms with Gasteiger partial charge in [-0.3, -0.25) is 4.79 Å². The Balaban J connectivity index is 2.40. The van der Waals surface area contributed by atoms with E-state index < -0.39 is 18.6 Å². The highest BCUT2D eigenvalue weighted by molar-refractivity contribution is 9.10. The van der Waals surface area contributed by atoms with Crippen molar-refractivity contribution >= 4 is 21.8 Å². The number of hydrogen-bond donors (Lipinski definition) is 2. The van der Waals surface area contributed by atoms with Crippen LogP contribution in [0.5, 0.6) is 0 Å². The van der Waals surface area contributed by atoms with Crippen molar-refractivity contribution in [1.82, 2.24) is 10.6 Å². The number of rotatable bonds is 5. The average Bonchev–Trinajstić information content (AvgIpc) is 2.27. The minimum Gasteiger partial charge on any atom is -0.348 e. The first-order valence-corrected chi connectivity index (χ1v) is 6.39. The predicted octanol–water partition coefficient (Wildman–Crippen LogP) is 2.78. The average molecular weight is 339 g/mol. The van der Waals surface area contributed by atoms with Gasteiger partial charge in [-0.25, -0.2) is 0 Å². The quantitative estimate of drug-likeness (QED) is 0.866. The van der Waals surface area contributed by atoms with Gasteiger partial charge in [0, 0.05) is 4.47 Å². The second-order valence-corrected chi connectivity index (χ2v) is 4.98. The fourth-order valence-corrected chi connectivity index (χ4v) is 1.89. The zero-order chi connectivity index (χ0) is 14.5. The van der Waals surface area contributed by atoms with Crippen molar-refractivity contribution < 1.29 is 18.0 Å². The van der Waals surface area contributed by atoms with Gasteiger partial charge in [-0.05, 0) is 24.6 Å². The Kier molecular flexibility index (Phi) is 5.81. The molecule has 0 unspecified atom stereocenters. The number of hydrogen-bond acceptors (Lipinski definition) is 2. The molecule has 7 heteroatoms. The van der Waals surface area contributed by atoms with E-state index in [1.807, 2.05) is 29.6 Å². The standard InChI is InChI=1S/C12H14BrF3N2O/c1-8(9-3-2-4-10(13)5-9)18-11(19)6-17-7-12(14,15)16/h2-5,8,17H,6-7H2,1H3,(H,18,19)/t8-/m1/s1. The van der Waals surface area contributed by atoms with E-state index in [9.17, 15) is 18.0 Å². The van der Waals surface area contributed by atoms with Crippen LogP contribution < -0.4 is 10.6 Å². The van der Waals surface area contributed by atoms with Gasteiger partial charge < -0.3 is 10.6 Å². The van der Waals surface area contributed by atoms with Crippen LogP contribution in [0.15, 0.2) is 28.7 Å². The van der Waals surface area contributed by atoms with Gasteiger partial charge in [-0.15, -0.1) is 0 Å². The Morgan fingerprint density at radius 2 is 2.11 bits per heavy atom. The van der Waals surface area contributed by atoms with E-state index in [4.69, 9.17) is 0 Å². The number of halogens is 4. The summed E-state index contributed by atoms with van der Waals surface area (Å²) in [6, 6.07) is 7.08. The number of nitrogens with one attached hydrogen (secondary N) is 2. The van der Waals surface area contributed by atoms with Crippen molar-refractivity contribution in [3.63, 3.8) is 0 Å². The fraction of sp³-hybridized carbons (Fsp3) is 0.417. The van der Waals surface area contributed by atoms with E-state index in [0.29, 0.717) is 0 Å². The van der Waals surface area contributed by atoms with Gasteiger partial charge in [-0.1, -0.05) is 28.1 Å². The van der Waals surface area contributed by atoms with Crippen LogP contribution in [-0.4, -0.2) is 25.2 Å². The first-order valence-electron chi connectivity index (χ1n) is 5.60. The molecule has 0 fully saturated rings. The maximum atomic E-state index is 11.9. The highest BCUT2D eigenvalue weighted by Crippen LogP contribution is 2.17. The summed E-state index contributed by atoms with van der Waals surface area (Å²) in [5.74, 6) is -0.475. The van der Waals surface area contributed by atoms with Crippen LogP contribution >= 0.6 is 15.9 Å². The summed E-state index contributed by atoms with van der Waals surface area (Å²) in [4.78, 5) is 11.4. The first-order chi connectivity index (χ1) is 8.78. The number of carbonyl (C=O) groups is 1. The third kappa shape index (κ3) is 6.58. The SMILES string of the molecule is C[C@@H](NC(=O)CNCC(F)(F)F)c1cccc(Br)c1. The van der Waals surface area contributed by atoms with E-state index >= 15 is 0 Å². The van der Waals surface area contributed by atoms with Crippen molar-refractivity contribution in [2.24, 2.45) is 0 Å². The van der Waals surface area contributed by atoms with Crippen molar-refractivity contribution in [3.8, 4) is 0 Å². The molecule has 0 aliphatic rings. The molecule has 1 aromatic carbocycles. The van der Waals surface area contributed by atoms with Gasteiger partial charge in [0.25, 0.3) is 0 Å². The third-order valence-electron chi connectivity index (χ3n) is 2.34. The molecule has 0 saturated carbocycles. The number of benzene rings is 1. The minimum atomic E-state index is -4.31. The van der Waals surface area contributed by atoms with Gasteiger partial charge in [0.05, 0.1) is 19.1 Å². The first kappa shape index (κ1) is 16.0.